The molecule has 6 heteroatoms. The number of anilines is 1. The van der Waals surface area contributed by atoms with Crippen molar-refractivity contribution in [2.24, 2.45) is 0 Å². The van der Waals surface area contributed by atoms with Crippen molar-refractivity contribution in [2.45, 2.75) is 25.7 Å². The van der Waals surface area contributed by atoms with E-state index in [4.69, 9.17) is 15.6 Å². The molecule has 4 nitrogen and oxygen atoms in total. The van der Waals surface area contributed by atoms with Gasteiger partial charge in [0.05, 0.1) is 11.6 Å². The van der Waals surface area contributed by atoms with Gasteiger partial charge in [0, 0.05) is 14.1 Å². The Bertz CT molecular complexity index is 384. The Morgan fingerprint density at radius 3 is 2.69 bits per heavy atom. The first kappa shape index (κ1) is 13.1. The van der Waals surface area contributed by atoms with Gasteiger partial charge >= 0.3 is 5.97 Å². The van der Waals surface area contributed by atoms with Gasteiger partial charge in [-0.15, -0.1) is 11.3 Å². The molecule has 0 aliphatic heterocycles. The van der Waals surface area contributed by atoms with Crippen molar-refractivity contribution in [3.8, 4) is 5.75 Å². The fraction of sp³-hybridized carbons (Fsp3) is 0.500. The second kappa shape index (κ2) is 4.88. The van der Waals surface area contributed by atoms with Gasteiger partial charge in [0.1, 0.15) is 5.75 Å². The molecule has 3 N–H and O–H groups in total. The topological polar surface area (TPSA) is 72.5 Å². The Kier molecular flexibility index (Phi) is 3.98. The smallest absolute Gasteiger partial charge is 0.349 e. The van der Waals surface area contributed by atoms with Gasteiger partial charge < -0.3 is 15.6 Å². The van der Waals surface area contributed by atoms with Crippen LogP contribution in [0.1, 0.15) is 9.67 Å². The van der Waals surface area contributed by atoms with Crippen LogP contribution in [-0.4, -0.2) is 25.8 Å². The number of carboxylic acids is 1. The average molecular weight is 259 g/mol. The first-order valence-electron chi connectivity index (χ1n) is 5.05. The third kappa shape index (κ3) is 3.86. The second-order valence-corrected chi connectivity index (χ2v) is 11.5. The minimum absolute atomic E-state index is 0.188. The highest BCUT2D eigenvalue weighted by Crippen LogP contribution is 2.31. The van der Waals surface area contributed by atoms with Crippen LogP contribution in [0.3, 0.4) is 0 Å². The second-order valence-electron chi connectivity index (χ2n) is 4.81. The van der Waals surface area contributed by atoms with E-state index < -0.39 is 14.0 Å². The van der Waals surface area contributed by atoms with Crippen molar-refractivity contribution < 1.29 is 14.6 Å². The van der Waals surface area contributed by atoms with Gasteiger partial charge in [0.15, 0.2) is 4.88 Å². The van der Waals surface area contributed by atoms with Crippen LogP contribution in [0.25, 0.3) is 0 Å². The number of ether oxygens (including phenoxy) is 1. The van der Waals surface area contributed by atoms with Crippen molar-refractivity contribution >= 4 is 30.4 Å². The summed E-state index contributed by atoms with van der Waals surface area (Å²) >= 11 is 1.04. The van der Waals surface area contributed by atoms with Crippen LogP contribution in [-0.2, 0) is 0 Å². The van der Waals surface area contributed by atoms with Gasteiger partial charge in [-0.25, -0.2) is 4.79 Å². The van der Waals surface area contributed by atoms with Crippen molar-refractivity contribution in [3.05, 3.63) is 10.9 Å². The molecule has 0 atom stereocenters. The molecular weight excluding hydrogens is 242 g/mol. The molecule has 0 fully saturated rings. The van der Waals surface area contributed by atoms with Crippen molar-refractivity contribution in [3.63, 3.8) is 0 Å². The van der Waals surface area contributed by atoms with Gasteiger partial charge in [-0.2, -0.15) is 0 Å². The number of nitrogen functional groups attached to an aromatic ring is 1. The van der Waals surface area contributed by atoms with Gasteiger partial charge in [-0.1, -0.05) is 19.6 Å². The van der Waals surface area contributed by atoms with E-state index in [-0.39, 0.29) is 4.88 Å². The van der Waals surface area contributed by atoms with Crippen LogP contribution >= 0.6 is 11.3 Å². The third-order valence-electron chi connectivity index (χ3n) is 2.02. The summed E-state index contributed by atoms with van der Waals surface area (Å²) in [5, 5.41) is 9.39. The standard InChI is InChI=1S/C10H17NO3SSi/c1-16(2,3)5-4-14-7-6-8(11)15-9(7)10(12)13/h6H,4-5,11H2,1-3H3,(H,12,13). The number of aromatic carboxylic acids is 1. The first-order valence-corrected chi connectivity index (χ1v) is 9.57. The Labute approximate surface area is 100 Å². The molecule has 16 heavy (non-hydrogen) atoms. The molecule has 0 unspecified atom stereocenters. The predicted molar refractivity (Wildman–Crippen MR) is 69.3 cm³/mol. The zero-order valence-corrected chi connectivity index (χ0v) is 11.6. The highest BCUT2D eigenvalue weighted by molar-refractivity contribution is 7.18. The zero-order chi connectivity index (χ0) is 12.3. The highest BCUT2D eigenvalue weighted by Gasteiger charge is 2.17. The van der Waals surface area contributed by atoms with E-state index in [1.54, 1.807) is 6.07 Å². The van der Waals surface area contributed by atoms with E-state index in [2.05, 4.69) is 19.6 Å². The molecule has 1 aromatic heterocycles. The number of carboxylic acid groups (broad SMARTS) is 1. The van der Waals surface area contributed by atoms with Crippen molar-refractivity contribution in [2.75, 3.05) is 12.3 Å². The lowest BCUT2D eigenvalue weighted by atomic mass is 10.4. The molecular formula is C10H17NO3SSi. The molecule has 1 aromatic rings. The Morgan fingerprint density at radius 1 is 1.56 bits per heavy atom. The fourth-order valence-corrected chi connectivity index (χ4v) is 2.54. The summed E-state index contributed by atoms with van der Waals surface area (Å²) in [6.07, 6.45) is 0. The zero-order valence-electron chi connectivity index (χ0n) is 9.74. The molecule has 1 rings (SSSR count). The molecule has 0 spiro atoms. The van der Waals surface area contributed by atoms with Crippen LogP contribution in [0.5, 0.6) is 5.75 Å². The van der Waals surface area contributed by atoms with Crippen LogP contribution in [0, 0.1) is 0 Å². The molecule has 1 heterocycles. The molecule has 0 bridgehead atoms. The van der Waals surface area contributed by atoms with Gasteiger partial charge in [0.2, 0.25) is 0 Å². The lowest BCUT2D eigenvalue weighted by Crippen LogP contribution is -2.22. The summed E-state index contributed by atoms with van der Waals surface area (Å²) in [6, 6.07) is 2.58. The molecule has 0 saturated heterocycles. The quantitative estimate of drug-likeness (QED) is 0.797. The summed E-state index contributed by atoms with van der Waals surface area (Å²) in [7, 11) is -1.15. The van der Waals surface area contributed by atoms with Gasteiger partial charge in [-0.3, -0.25) is 0 Å². The van der Waals surface area contributed by atoms with Crippen molar-refractivity contribution in [1.29, 1.82) is 0 Å². The molecule has 0 aliphatic rings. The molecule has 0 aliphatic carbocycles. The number of hydrogen-bond acceptors (Lipinski definition) is 4. The van der Waals surface area contributed by atoms with Crippen molar-refractivity contribution in [1.82, 2.24) is 0 Å². The van der Waals surface area contributed by atoms with Crippen LogP contribution in [0.4, 0.5) is 5.00 Å². The number of nitrogens with two attached hydrogens (primary N) is 1. The van der Waals surface area contributed by atoms with Crippen LogP contribution in [0.15, 0.2) is 6.07 Å². The number of hydrogen-bond donors (Lipinski definition) is 2. The summed E-state index contributed by atoms with van der Waals surface area (Å²) in [4.78, 5) is 11.1. The highest BCUT2D eigenvalue weighted by atomic mass is 32.1. The number of rotatable bonds is 5. The number of carbonyl (C=O) groups is 1. The Balaban J connectivity index is 2.63. The molecule has 0 amide bonds. The maximum atomic E-state index is 10.9. The summed E-state index contributed by atoms with van der Waals surface area (Å²) < 4.78 is 5.48. The Morgan fingerprint density at radius 2 is 2.19 bits per heavy atom. The van der Waals surface area contributed by atoms with E-state index in [9.17, 15) is 4.79 Å². The SMILES string of the molecule is C[Si](C)(C)CCOc1cc(N)sc1C(=O)O. The van der Waals surface area contributed by atoms with E-state index in [0.717, 1.165) is 17.4 Å². The van der Waals surface area contributed by atoms with E-state index >= 15 is 0 Å². The molecule has 0 saturated carbocycles. The minimum atomic E-state index is -1.15. The molecule has 0 radical (unpaired) electrons. The summed E-state index contributed by atoms with van der Waals surface area (Å²) in [5.41, 5.74) is 5.56. The first-order chi connectivity index (χ1) is 7.29. The van der Waals surface area contributed by atoms with Crippen LogP contribution < -0.4 is 10.5 Å². The maximum Gasteiger partial charge on any atom is 0.349 e. The Hall–Kier alpha value is -1.01. The normalized spacial score (nSPS) is 11.4. The average Bonchev–Trinajstić information content (AvgIpc) is 2.44. The largest absolute Gasteiger partial charge is 0.492 e. The van der Waals surface area contributed by atoms with Gasteiger partial charge in [-0.05, 0) is 6.04 Å². The number of thiophene rings is 1. The fourth-order valence-electron chi connectivity index (χ4n) is 1.12. The van der Waals surface area contributed by atoms with Gasteiger partial charge in [0.25, 0.3) is 0 Å². The van der Waals surface area contributed by atoms with E-state index in [1.165, 1.54) is 0 Å². The monoisotopic (exact) mass is 259 g/mol. The molecule has 90 valence electrons. The summed E-state index contributed by atoms with van der Waals surface area (Å²) in [5.74, 6) is -0.585. The summed E-state index contributed by atoms with van der Waals surface area (Å²) in [6.45, 7) is 7.30. The van der Waals surface area contributed by atoms with E-state index in [0.29, 0.717) is 17.4 Å². The predicted octanol–water partition coefficient (Wildman–Crippen LogP) is 2.75. The van der Waals surface area contributed by atoms with E-state index in [1.807, 2.05) is 0 Å². The molecule has 0 aromatic carbocycles. The lowest BCUT2D eigenvalue weighted by Gasteiger charge is -2.15. The van der Waals surface area contributed by atoms with Crippen LogP contribution in [0.2, 0.25) is 25.7 Å². The maximum absolute atomic E-state index is 10.9. The lowest BCUT2D eigenvalue weighted by molar-refractivity contribution is 0.0698. The third-order valence-corrected chi connectivity index (χ3v) is 4.66. The minimum Gasteiger partial charge on any atom is -0.492 e.